The Hall–Kier alpha value is -3.65. The number of thiophene rings is 1. The predicted octanol–water partition coefficient (Wildman–Crippen LogP) is 4.72. The highest BCUT2D eigenvalue weighted by Crippen LogP contribution is 2.38. The third-order valence-corrected chi connectivity index (χ3v) is 6.29. The van der Waals surface area contributed by atoms with Gasteiger partial charge in [0.1, 0.15) is 5.75 Å². The molecule has 1 aliphatic heterocycles. The Labute approximate surface area is 196 Å². The van der Waals surface area contributed by atoms with Crippen molar-refractivity contribution in [3.8, 4) is 17.2 Å². The molecule has 0 bridgehead atoms. The standard InChI is InChI=1S/C25H24N2O5S/c1-16(28)17-6-4-7-19(12-17)32-15-25(29)27-21(14-20(26-27)24-8-5-11-33-24)18-9-10-22(30-2)23(13-18)31-3/h4-13,21H,14-15H2,1-3H3/t21-/m1/s1. The molecule has 2 heterocycles. The number of hydrazone groups is 1. The number of hydrogen-bond donors (Lipinski definition) is 0. The number of methoxy groups -OCH3 is 2. The van der Waals surface area contributed by atoms with Crippen LogP contribution in [-0.2, 0) is 4.79 Å². The summed E-state index contributed by atoms with van der Waals surface area (Å²) in [6.45, 7) is 1.29. The molecule has 170 valence electrons. The van der Waals surface area contributed by atoms with Crippen molar-refractivity contribution in [3.05, 3.63) is 76.0 Å². The van der Waals surface area contributed by atoms with Crippen LogP contribution >= 0.6 is 11.3 Å². The predicted molar refractivity (Wildman–Crippen MR) is 127 cm³/mol. The van der Waals surface area contributed by atoms with Gasteiger partial charge in [0.2, 0.25) is 0 Å². The second-order valence-electron chi connectivity index (χ2n) is 7.47. The fraction of sp³-hybridized carbons (Fsp3) is 0.240. The molecular formula is C25H24N2O5S. The number of carbonyl (C=O) groups is 2. The maximum absolute atomic E-state index is 13.2. The molecule has 0 fully saturated rings. The molecule has 1 aliphatic rings. The molecule has 33 heavy (non-hydrogen) atoms. The summed E-state index contributed by atoms with van der Waals surface area (Å²) in [5.74, 6) is 1.31. The minimum Gasteiger partial charge on any atom is -0.493 e. The highest BCUT2D eigenvalue weighted by atomic mass is 32.1. The monoisotopic (exact) mass is 464 g/mol. The number of benzene rings is 2. The van der Waals surface area contributed by atoms with Crippen LogP contribution in [0.25, 0.3) is 0 Å². The molecule has 3 aromatic rings. The quantitative estimate of drug-likeness (QED) is 0.451. The first-order chi connectivity index (χ1) is 16.0. The van der Waals surface area contributed by atoms with Crippen LogP contribution in [0.5, 0.6) is 17.2 Å². The first-order valence-electron chi connectivity index (χ1n) is 10.4. The molecule has 8 heteroatoms. The second kappa shape index (κ2) is 9.87. The highest BCUT2D eigenvalue weighted by molar-refractivity contribution is 7.12. The number of rotatable bonds is 8. The minimum absolute atomic E-state index is 0.0648. The van der Waals surface area contributed by atoms with Crippen LogP contribution in [0.1, 0.15) is 40.2 Å². The molecule has 1 amide bonds. The average Bonchev–Trinajstić information content (AvgIpc) is 3.52. The third-order valence-electron chi connectivity index (χ3n) is 5.37. The van der Waals surface area contributed by atoms with Crippen molar-refractivity contribution < 1.29 is 23.8 Å². The van der Waals surface area contributed by atoms with Gasteiger partial charge in [-0.25, -0.2) is 5.01 Å². The normalized spacial score (nSPS) is 15.2. The summed E-state index contributed by atoms with van der Waals surface area (Å²) < 4.78 is 16.5. The Kier molecular flexibility index (Phi) is 6.74. The SMILES string of the molecule is COc1ccc([C@H]2CC(c3cccs3)=NN2C(=O)COc2cccc(C(C)=O)c2)cc1OC. The summed E-state index contributed by atoms with van der Waals surface area (Å²) in [4.78, 5) is 25.8. The maximum atomic E-state index is 13.2. The largest absolute Gasteiger partial charge is 0.493 e. The summed E-state index contributed by atoms with van der Waals surface area (Å²) >= 11 is 1.58. The van der Waals surface area contributed by atoms with Crippen LogP contribution in [-0.4, -0.2) is 43.2 Å². The van der Waals surface area contributed by atoms with Crippen molar-refractivity contribution in [2.75, 3.05) is 20.8 Å². The Morgan fingerprint density at radius 1 is 1.06 bits per heavy atom. The van der Waals surface area contributed by atoms with Crippen LogP contribution < -0.4 is 14.2 Å². The molecule has 0 radical (unpaired) electrons. The maximum Gasteiger partial charge on any atom is 0.281 e. The van der Waals surface area contributed by atoms with Crippen molar-refractivity contribution in [2.45, 2.75) is 19.4 Å². The van der Waals surface area contributed by atoms with Crippen molar-refractivity contribution >= 4 is 28.7 Å². The molecule has 0 N–H and O–H groups in total. The van der Waals surface area contributed by atoms with Gasteiger partial charge in [-0.15, -0.1) is 11.3 Å². The van der Waals surface area contributed by atoms with Gasteiger partial charge in [0.05, 0.1) is 30.9 Å². The van der Waals surface area contributed by atoms with Gasteiger partial charge >= 0.3 is 0 Å². The molecule has 0 saturated carbocycles. The Bertz CT molecular complexity index is 1190. The van der Waals surface area contributed by atoms with Crippen LogP contribution in [0.2, 0.25) is 0 Å². The van der Waals surface area contributed by atoms with Gasteiger partial charge in [-0.2, -0.15) is 5.10 Å². The van der Waals surface area contributed by atoms with Crippen molar-refractivity contribution in [1.29, 1.82) is 0 Å². The summed E-state index contributed by atoms with van der Waals surface area (Å²) in [5, 5.41) is 8.11. The number of ketones is 1. The van der Waals surface area contributed by atoms with E-state index in [9.17, 15) is 9.59 Å². The van der Waals surface area contributed by atoms with E-state index in [1.807, 2.05) is 35.7 Å². The van der Waals surface area contributed by atoms with E-state index in [0.29, 0.717) is 29.2 Å². The molecule has 7 nitrogen and oxygen atoms in total. The molecule has 4 rings (SSSR count). The van der Waals surface area contributed by atoms with E-state index in [-0.39, 0.29) is 24.3 Å². The number of nitrogens with zero attached hydrogens (tertiary/aromatic N) is 2. The van der Waals surface area contributed by atoms with Gasteiger partial charge < -0.3 is 14.2 Å². The lowest BCUT2D eigenvalue weighted by atomic mass is 10.0. The molecule has 0 saturated heterocycles. The lowest BCUT2D eigenvalue weighted by Gasteiger charge is -2.23. The summed E-state index contributed by atoms with van der Waals surface area (Å²) in [5.41, 5.74) is 2.26. The zero-order valence-electron chi connectivity index (χ0n) is 18.6. The summed E-state index contributed by atoms with van der Waals surface area (Å²) in [6.07, 6.45) is 0.571. The van der Waals surface area contributed by atoms with Gasteiger partial charge in [-0.1, -0.05) is 24.3 Å². The molecule has 1 aromatic heterocycles. The first kappa shape index (κ1) is 22.5. The lowest BCUT2D eigenvalue weighted by molar-refractivity contribution is -0.135. The van der Waals surface area contributed by atoms with E-state index in [2.05, 4.69) is 5.10 Å². The molecule has 0 spiro atoms. The fourth-order valence-electron chi connectivity index (χ4n) is 3.67. The van der Waals surface area contributed by atoms with Gasteiger partial charge in [0, 0.05) is 12.0 Å². The Morgan fingerprint density at radius 3 is 2.58 bits per heavy atom. The topological polar surface area (TPSA) is 77.4 Å². The third kappa shape index (κ3) is 4.90. The molecule has 0 unspecified atom stereocenters. The van der Waals surface area contributed by atoms with E-state index in [4.69, 9.17) is 14.2 Å². The van der Waals surface area contributed by atoms with E-state index in [1.54, 1.807) is 49.8 Å². The van der Waals surface area contributed by atoms with E-state index < -0.39 is 0 Å². The number of carbonyl (C=O) groups excluding carboxylic acids is 2. The smallest absolute Gasteiger partial charge is 0.281 e. The zero-order valence-corrected chi connectivity index (χ0v) is 19.4. The van der Waals surface area contributed by atoms with Gasteiger partial charge in [0.25, 0.3) is 5.91 Å². The molecule has 2 aromatic carbocycles. The number of Topliss-reactive ketones (excluding diaryl/α,β-unsaturated/α-hetero) is 1. The highest BCUT2D eigenvalue weighted by Gasteiger charge is 2.34. The Morgan fingerprint density at radius 2 is 1.88 bits per heavy atom. The lowest BCUT2D eigenvalue weighted by Crippen LogP contribution is -2.31. The summed E-state index contributed by atoms with van der Waals surface area (Å²) in [7, 11) is 3.16. The van der Waals surface area contributed by atoms with Crippen molar-refractivity contribution in [3.63, 3.8) is 0 Å². The van der Waals surface area contributed by atoms with Crippen LogP contribution in [0.15, 0.2) is 65.1 Å². The van der Waals surface area contributed by atoms with E-state index in [1.165, 1.54) is 11.9 Å². The average molecular weight is 465 g/mol. The van der Waals surface area contributed by atoms with Crippen LogP contribution in [0, 0.1) is 0 Å². The molecular weight excluding hydrogens is 440 g/mol. The molecule has 1 atom stereocenters. The van der Waals surface area contributed by atoms with Crippen LogP contribution in [0.4, 0.5) is 0 Å². The van der Waals surface area contributed by atoms with Crippen molar-refractivity contribution in [2.24, 2.45) is 5.10 Å². The van der Waals surface area contributed by atoms with E-state index >= 15 is 0 Å². The van der Waals surface area contributed by atoms with Gasteiger partial charge in [-0.3, -0.25) is 9.59 Å². The number of hydrogen-bond acceptors (Lipinski definition) is 7. The fourth-order valence-corrected chi connectivity index (χ4v) is 4.39. The number of amides is 1. The minimum atomic E-state index is -0.304. The van der Waals surface area contributed by atoms with E-state index in [0.717, 1.165) is 16.2 Å². The first-order valence-corrected chi connectivity index (χ1v) is 11.3. The van der Waals surface area contributed by atoms with Gasteiger partial charge in [-0.05, 0) is 48.2 Å². The zero-order chi connectivity index (χ0) is 23.4. The number of ether oxygens (including phenoxy) is 3. The van der Waals surface area contributed by atoms with Gasteiger partial charge in [0.15, 0.2) is 23.9 Å². The molecule has 0 aliphatic carbocycles. The Balaban J connectivity index is 1.58. The van der Waals surface area contributed by atoms with Crippen molar-refractivity contribution in [1.82, 2.24) is 5.01 Å². The summed E-state index contributed by atoms with van der Waals surface area (Å²) in [6, 6.07) is 16.0. The van der Waals surface area contributed by atoms with Crippen LogP contribution in [0.3, 0.4) is 0 Å². The second-order valence-corrected chi connectivity index (χ2v) is 8.42.